The maximum absolute atomic E-state index is 15.4. The van der Waals surface area contributed by atoms with Crippen molar-refractivity contribution in [3.8, 4) is 6.07 Å². The zero-order valence-corrected chi connectivity index (χ0v) is 30.1. The standard InChI is InChI=1S/C42H29Cl4NO4/c1-51-40(49)41(23-47)32(28-13-16-33(43)35(45)20-28)22-42(50,31-15-12-25-7-3-5-9-27(25)19-31)38(37(41)29-14-17-34(44)36(46)21-29)39(48)30-11-10-24-6-2-4-8-26(24)18-30/h2-21,32,37-38,50H,22H2,1H3/t32-,37+,38+,41+,42-/m0/s1. The van der Waals surface area contributed by atoms with E-state index in [9.17, 15) is 15.2 Å². The van der Waals surface area contributed by atoms with Gasteiger partial charge in [0.2, 0.25) is 0 Å². The lowest BCUT2D eigenvalue weighted by molar-refractivity contribution is -0.162. The molecule has 1 saturated carbocycles. The van der Waals surface area contributed by atoms with Crippen LogP contribution < -0.4 is 0 Å². The number of hydrogen-bond acceptors (Lipinski definition) is 5. The van der Waals surface area contributed by atoms with Gasteiger partial charge in [0, 0.05) is 17.4 Å². The smallest absolute Gasteiger partial charge is 0.327 e. The zero-order chi connectivity index (χ0) is 36.1. The number of nitriles is 1. The molecule has 6 aromatic rings. The van der Waals surface area contributed by atoms with Crippen LogP contribution >= 0.6 is 46.4 Å². The molecule has 0 aliphatic heterocycles. The maximum Gasteiger partial charge on any atom is 0.327 e. The van der Waals surface area contributed by atoms with Gasteiger partial charge in [0.1, 0.15) is 5.60 Å². The van der Waals surface area contributed by atoms with Crippen molar-refractivity contribution in [2.24, 2.45) is 11.3 Å². The Labute approximate surface area is 314 Å². The van der Waals surface area contributed by atoms with Crippen LogP contribution in [0.1, 0.15) is 45.3 Å². The number of carbonyl (C=O) groups excluding carboxylic acids is 2. The first-order valence-corrected chi connectivity index (χ1v) is 17.7. The topological polar surface area (TPSA) is 87.4 Å². The van der Waals surface area contributed by atoms with E-state index in [4.69, 9.17) is 51.1 Å². The van der Waals surface area contributed by atoms with Gasteiger partial charge in [0.15, 0.2) is 11.2 Å². The minimum Gasteiger partial charge on any atom is -0.468 e. The summed E-state index contributed by atoms with van der Waals surface area (Å²) in [5, 5.41) is 29.2. The minimum absolute atomic E-state index is 0.147. The first-order chi connectivity index (χ1) is 24.5. The summed E-state index contributed by atoms with van der Waals surface area (Å²) in [6.45, 7) is 0. The van der Waals surface area contributed by atoms with Gasteiger partial charge in [-0.15, -0.1) is 0 Å². The van der Waals surface area contributed by atoms with E-state index in [0.717, 1.165) is 21.5 Å². The Hall–Kier alpha value is -4.41. The number of benzene rings is 6. The molecule has 5 nitrogen and oxygen atoms in total. The predicted octanol–water partition coefficient (Wildman–Crippen LogP) is 10.9. The van der Waals surface area contributed by atoms with Crippen LogP contribution in [0.2, 0.25) is 20.1 Å². The fraction of sp³-hybridized carbons (Fsp3) is 0.167. The quantitative estimate of drug-likeness (QED) is 0.135. The van der Waals surface area contributed by atoms with Crippen LogP contribution in [-0.2, 0) is 15.1 Å². The molecule has 7 rings (SSSR count). The number of halogens is 4. The summed E-state index contributed by atoms with van der Waals surface area (Å²) in [6, 6.07) is 38.0. The summed E-state index contributed by atoms with van der Waals surface area (Å²) < 4.78 is 5.45. The second-order valence-electron chi connectivity index (χ2n) is 12.9. The number of ketones is 1. The number of methoxy groups -OCH3 is 1. The lowest BCUT2D eigenvalue weighted by Crippen LogP contribution is -2.59. The number of ether oxygens (including phenoxy) is 1. The monoisotopic (exact) mass is 751 g/mol. The van der Waals surface area contributed by atoms with Gasteiger partial charge in [-0.3, -0.25) is 9.59 Å². The number of fused-ring (bicyclic) bond motifs is 2. The summed E-state index contributed by atoms with van der Waals surface area (Å²) >= 11 is 25.9. The number of rotatable bonds is 6. The first-order valence-electron chi connectivity index (χ1n) is 16.2. The van der Waals surface area contributed by atoms with E-state index in [1.807, 2.05) is 66.7 Å². The van der Waals surface area contributed by atoms with Crippen LogP contribution in [0, 0.1) is 22.7 Å². The first kappa shape index (κ1) is 35.0. The van der Waals surface area contributed by atoms with E-state index < -0.39 is 40.5 Å². The van der Waals surface area contributed by atoms with Gasteiger partial charge in [0.25, 0.3) is 0 Å². The molecule has 0 saturated heterocycles. The molecule has 6 aromatic carbocycles. The van der Waals surface area contributed by atoms with Crippen molar-refractivity contribution in [3.63, 3.8) is 0 Å². The van der Waals surface area contributed by atoms with Crippen LogP contribution in [0.4, 0.5) is 0 Å². The van der Waals surface area contributed by atoms with Crippen molar-refractivity contribution in [3.05, 3.63) is 164 Å². The van der Waals surface area contributed by atoms with Gasteiger partial charge in [0.05, 0.1) is 39.2 Å². The molecule has 1 aliphatic rings. The Morgan fingerprint density at radius 2 is 1.25 bits per heavy atom. The molecular formula is C42H29Cl4NO4. The third-order valence-electron chi connectivity index (χ3n) is 10.3. The molecule has 51 heavy (non-hydrogen) atoms. The Balaban J connectivity index is 1.59. The third kappa shape index (κ3) is 5.86. The van der Waals surface area contributed by atoms with Gasteiger partial charge in [-0.2, -0.15) is 5.26 Å². The number of nitrogens with zero attached hydrogens (tertiary/aromatic N) is 1. The molecule has 0 aromatic heterocycles. The third-order valence-corrected chi connectivity index (χ3v) is 11.8. The Morgan fingerprint density at radius 1 is 0.706 bits per heavy atom. The summed E-state index contributed by atoms with van der Waals surface area (Å²) in [7, 11) is 1.20. The molecule has 0 unspecified atom stereocenters. The number of aliphatic hydroxyl groups is 1. The Kier molecular flexibility index (Phi) is 9.35. The van der Waals surface area contributed by atoms with E-state index >= 15 is 4.79 Å². The fourth-order valence-electron chi connectivity index (χ4n) is 7.90. The van der Waals surface area contributed by atoms with Gasteiger partial charge in [-0.1, -0.05) is 131 Å². The van der Waals surface area contributed by atoms with E-state index in [1.165, 1.54) is 7.11 Å². The highest BCUT2D eigenvalue weighted by atomic mass is 35.5. The minimum atomic E-state index is -2.08. The molecule has 1 fully saturated rings. The molecule has 0 radical (unpaired) electrons. The van der Waals surface area contributed by atoms with Crippen LogP contribution in [0.5, 0.6) is 0 Å². The highest BCUT2D eigenvalue weighted by Crippen LogP contribution is 2.64. The molecule has 0 bridgehead atoms. The van der Waals surface area contributed by atoms with Crippen molar-refractivity contribution in [1.29, 1.82) is 5.26 Å². The van der Waals surface area contributed by atoms with E-state index in [0.29, 0.717) is 22.3 Å². The Bertz CT molecular complexity index is 2410. The fourth-order valence-corrected chi connectivity index (χ4v) is 8.52. The van der Waals surface area contributed by atoms with E-state index in [1.54, 1.807) is 54.6 Å². The molecule has 1 aliphatic carbocycles. The van der Waals surface area contributed by atoms with Crippen molar-refractivity contribution in [2.45, 2.75) is 23.9 Å². The molecule has 9 heteroatoms. The zero-order valence-electron chi connectivity index (χ0n) is 27.1. The van der Waals surface area contributed by atoms with Crippen LogP contribution in [0.15, 0.2) is 121 Å². The second-order valence-corrected chi connectivity index (χ2v) is 14.6. The van der Waals surface area contributed by atoms with Gasteiger partial charge < -0.3 is 9.84 Å². The van der Waals surface area contributed by atoms with Gasteiger partial charge >= 0.3 is 5.97 Å². The summed E-state index contributed by atoms with van der Waals surface area (Å²) in [4.78, 5) is 29.8. The molecule has 5 atom stereocenters. The van der Waals surface area contributed by atoms with Crippen molar-refractivity contribution < 1.29 is 19.4 Å². The number of esters is 1. The van der Waals surface area contributed by atoms with E-state index in [2.05, 4.69) is 6.07 Å². The Morgan fingerprint density at radius 3 is 1.84 bits per heavy atom. The van der Waals surface area contributed by atoms with E-state index in [-0.39, 0.29) is 26.5 Å². The normalized spacial score (nSPS) is 23.1. The molecular weight excluding hydrogens is 724 g/mol. The molecule has 1 N–H and O–H groups in total. The average Bonchev–Trinajstić information content (AvgIpc) is 3.15. The largest absolute Gasteiger partial charge is 0.468 e. The predicted molar refractivity (Wildman–Crippen MR) is 203 cm³/mol. The highest BCUT2D eigenvalue weighted by Gasteiger charge is 2.67. The lowest BCUT2D eigenvalue weighted by atomic mass is 9.47. The number of Topliss-reactive ketones (excluding diaryl/α,β-unsaturated/α-hetero) is 1. The summed E-state index contributed by atoms with van der Waals surface area (Å²) in [5.41, 5.74) is -2.51. The average molecular weight is 754 g/mol. The maximum atomic E-state index is 15.4. The van der Waals surface area contributed by atoms with Gasteiger partial charge in [-0.25, -0.2) is 0 Å². The van der Waals surface area contributed by atoms with Crippen molar-refractivity contribution >= 4 is 79.7 Å². The highest BCUT2D eigenvalue weighted by molar-refractivity contribution is 6.42. The number of carbonyl (C=O) groups is 2. The molecule has 254 valence electrons. The second kappa shape index (κ2) is 13.6. The van der Waals surface area contributed by atoms with Crippen LogP contribution in [-0.4, -0.2) is 24.0 Å². The SMILES string of the molecule is COC(=O)[C@@]1(C#N)[C@H](c2ccc(Cl)c(Cl)c2)[C@H](C(=O)c2ccc3ccccc3c2)[C@@](O)(c2ccc3ccccc3c2)C[C@H]1c1ccc(Cl)c(Cl)c1. The van der Waals surface area contributed by atoms with Crippen LogP contribution in [0.25, 0.3) is 21.5 Å². The van der Waals surface area contributed by atoms with Gasteiger partial charge in [-0.05, 0) is 81.1 Å². The molecule has 0 heterocycles. The molecule has 0 amide bonds. The van der Waals surface area contributed by atoms with Crippen molar-refractivity contribution in [1.82, 2.24) is 0 Å². The molecule has 0 spiro atoms. The lowest BCUT2D eigenvalue weighted by Gasteiger charge is -2.54. The van der Waals surface area contributed by atoms with Crippen molar-refractivity contribution in [2.75, 3.05) is 7.11 Å². The summed E-state index contributed by atoms with van der Waals surface area (Å²) in [5.74, 6) is -5.12. The van der Waals surface area contributed by atoms with Crippen LogP contribution in [0.3, 0.4) is 0 Å². The summed E-state index contributed by atoms with van der Waals surface area (Å²) in [6.07, 6.45) is -0.228. The number of hydrogen-bond donors (Lipinski definition) is 1.